The van der Waals surface area contributed by atoms with Crippen LogP contribution in [0.25, 0.3) is 33.4 Å². The number of anilines is 2. The Labute approximate surface area is 369 Å². The Bertz CT molecular complexity index is 2440. The molecular formula is C49H41BrCl4N2O2. The topological polar surface area (TPSA) is 50.4 Å². The lowest BCUT2D eigenvalue weighted by atomic mass is 9.94. The van der Waals surface area contributed by atoms with Crippen molar-refractivity contribution in [1.82, 2.24) is 0 Å². The average molecular weight is 912 g/mol. The maximum atomic E-state index is 12.0. The van der Waals surface area contributed by atoms with Crippen molar-refractivity contribution >= 4 is 79.7 Å². The minimum atomic E-state index is -0.322. The number of halogens is 5. The number of carbonyl (C=O) groups excluding carboxylic acids is 1. The average Bonchev–Trinajstić information content (AvgIpc) is 3.22. The zero-order chi connectivity index (χ0) is 41.2. The summed E-state index contributed by atoms with van der Waals surface area (Å²) in [4.78, 5) is 12.0. The second kappa shape index (κ2) is 20.3. The van der Waals surface area contributed by atoms with Crippen LogP contribution in [0, 0.1) is 0 Å². The molecule has 0 aliphatic carbocycles. The van der Waals surface area contributed by atoms with Crippen LogP contribution in [-0.2, 0) is 4.74 Å². The summed E-state index contributed by atoms with van der Waals surface area (Å²) >= 11 is 27.9. The smallest absolute Gasteiger partial charge is 0.338 e. The lowest BCUT2D eigenvalue weighted by Crippen LogP contribution is -2.08. The van der Waals surface area contributed by atoms with E-state index in [1.54, 1.807) is 19.1 Å². The van der Waals surface area contributed by atoms with Crippen LogP contribution in [-0.4, -0.2) is 12.6 Å². The van der Waals surface area contributed by atoms with Crippen molar-refractivity contribution in [3.63, 3.8) is 0 Å². The molecule has 0 saturated carbocycles. The lowest BCUT2D eigenvalue weighted by Gasteiger charge is -2.20. The molecule has 294 valence electrons. The molecule has 0 fully saturated rings. The molecule has 2 N–H and O–H groups in total. The fourth-order valence-electron chi connectivity index (χ4n) is 6.47. The van der Waals surface area contributed by atoms with Crippen LogP contribution in [0.3, 0.4) is 0 Å². The molecule has 0 amide bonds. The van der Waals surface area contributed by atoms with Gasteiger partial charge in [0.25, 0.3) is 0 Å². The van der Waals surface area contributed by atoms with Crippen LogP contribution in [0.4, 0.5) is 11.4 Å². The minimum Gasteiger partial charge on any atom is -0.462 e. The van der Waals surface area contributed by atoms with Crippen LogP contribution in [0.15, 0.2) is 162 Å². The van der Waals surface area contributed by atoms with Crippen molar-refractivity contribution in [3.05, 3.63) is 199 Å². The maximum Gasteiger partial charge on any atom is 0.338 e. The summed E-state index contributed by atoms with van der Waals surface area (Å²) < 4.78 is 6.09. The zero-order valence-corrected chi connectivity index (χ0v) is 36.7. The molecule has 7 aromatic rings. The summed E-state index contributed by atoms with van der Waals surface area (Å²) in [5.41, 5.74) is 11.5. The predicted molar refractivity (Wildman–Crippen MR) is 250 cm³/mol. The summed E-state index contributed by atoms with van der Waals surface area (Å²) in [5, 5.41) is 9.96. The first-order valence-corrected chi connectivity index (χ1v) is 21.0. The number of nitrogens with one attached hydrogen (secondary N) is 2. The van der Waals surface area contributed by atoms with E-state index in [1.165, 1.54) is 5.56 Å². The molecule has 0 aromatic heterocycles. The Morgan fingerprint density at radius 2 is 0.897 bits per heavy atom. The Morgan fingerprint density at radius 3 is 1.34 bits per heavy atom. The van der Waals surface area contributed by atoms with E-state index in [0.717, 1.165) is 69.9 Å². The number of carbonyl (C=O) groups is 1. The number of hydrogen-bond donors (Lipinski definition) is 2. The van der Waals surface area contributed by atoms with Gasteiger partial charge in [0.15, 0.2) is 0 Å². The van der Waals surface area contributed by atoms with E-state index in [2.05, 4.69) is 88.9 Å². The van der Waals surface area contributed by atoms with Gasteiger partial charge >= 0.3 is 5.97 Å². The van der Waals surface area contributed by atoms with Gasteiger partial charge in [-0.2, -0.15) is 0 Å². The molecule has 4 nitrogen and oxygen atoms in total. The maximum absolute atomic E-state index is 12.0. The van der Waals surface area contributed by atoms with Gasteiger partial charge in [-0.05, 0) is 150 Å². The van der Waals surface area contributed by atoms with Gasteiger partial charge in [0.1, 0.15) is 0 Å². The highest BCUT2D eigenvalue weighted by atomic mass is 79.9. The van der Waals surface area contributed by atoms with Gasteiger partial charge < -0.3 is 15.4 Å². The highest BCUT2D eigenvalue weighted by molar-refractivity contribution is 9.10. The molecule has 58 heavy (non-hydrogen) atoms. The van der Waals surface area contributed by atoms with Gasteiger partial charge in [-0.1, -0.05) is 135 Å². The van der Waals surface area contributed by atoms with Crippen molar-refractivity contribution in [1.29, 1.82) is 0 Å². The Morgan fingerprint density at radius 1 is 0.517 bits per heavy atom. The van der Waals surface area contributed by atoms with Gasteiger partial charge in [-0.3, -0.25) is 0 Å². The molecule has 7 aromatic carbocycles. The molecule has 0 saturated heterocycles. The molecular weight excluding hydrogens is 870 g/mol. The second-order valence-electron chi connectivity index (χ2n) is 13.6. The Kier molecular flexibility index (Phi) is 15.0. The van der Waals surface area contributed by atoms with E-state index in [1.807, 2.05) is 97.1 Å². The van der Waals surface area contributed by atoms with Crippen molar-refractivity contribution in [2.24, 2.45) is 0 Å². The van der Waals surface area contributed by atoms with E-state index in [9.17, 15) is 4.79 Å². The highest BCUT2D eigenvalue weighted by Gasteiger charge is 2.15. The van der Waals surface area contributed by atoms with Crippen LogP contribution in [0.5, 0.6) is 0 Å². The SMILES string of the molecule is CC(Nc1ccc(-c2ccc(Cl)cc2)cc1)c1ccc(Cl)cc1Br.CCOC(=O)c1ccc(-c2cc(Cl)ccc2C(C)Nc2ccc(-c3ccc(Cl)cc3)cc2)cc1. The molecule has 0 radical (unpaired) electrons. The normalized spacial score (nSPS) is 11.8. The third kappa shape index (κ3) is 11.5. The summed E-state index contributed by atoms with van der Waals surface area (Å²) in [5.74, 6) is -0.322. The monoisotopic (exact) mass is 908 g/mol. The summed E-state index contributed by atoms with van der Waals surface area (Å²) in [6.07, 6.45) is 0. The number of hydrogen-bond acceptors (Lipinski definition) is 4. The molecule has 0 aliphatic heterocycles. The number of ether oxygens (including phenoxy) is 1. The number of benzene rings is 7. The molecule has 0 bridgehead atoms. The van der Waals surface area contributed by atoms with E-state index in [4.69, 9.17) is 51.1 Å². The van der Waals surface area contributed by atoms with Crippen LogP contribution >= 0.6 is 62.3 Å². The molecule has 0 heterocycles. The zero-order valence-electron chi connectivity index (χ0n) is 32.1. The first kappa shape index (κ1) is 42.8. The number of rotatable bonds is 11. The second-order valence-corrected chi connectivity index (χ2v) is 16.2. The van der Waals surface area contributed by atoms with E-state index in [-0.39, 0.29) is 18.1 Å². The first-order chi connectivity index (χ1) is 28.0. The van der Waals surface area contributed by atoms with Gasteiger partial charge in [-0.25, -0.2) is 4.79 Å². The van der Waals surface area contributed by atoms with E-state index >= 15 is 0 Å². The van der Waals surface area contributed by atoms with Crippen molar-refractivity contribution in [3.8, 4) is 33.4 Å². The fourth-order valence-corrected chi connectivity index (χ4v) is 7.92. The van der Waals surface area contributed by atoms with Gasteiger partial charge in [0, 0.05) is 48.0 Å². The minimum absolute atomic E-state index is 0.0263. The Hall–Kier alpha value is -4.75. The molecule has 0 spiro atoms. The standard InChI is InChI=1S/C29H25Cl2NO2.C20H16BrCl2N/c1-3-34-29(33)23-6-4-22(5-7-23)28-18-25(31)14-17-27(28)19(2)32-26-15-10-21(11-16-26)20-8-12-24(30)13-9-20;1-13(19-11-8-17(23)12-20(19)21)24-18-9-4-15(5-10-18)14-2-6-16(22)7-3-14/h4-19,32H,3H2,1-2H3;2-13,24H,1H3. The Balaban J connectivity index is 0.000000208. The third-order valence-electron chi connectivity index (χ3n) is 9.51. The summed E-state index contributed by atoms with van der Waals surface area (Å²) in [6, 6.07) is 51.8. The summed E-state index contributed by atoms with van der Waals surface area (Å²) in [6.45, 7) is 6.39. The molecule has 9 heteroatoms. The summed E-state index contributed by atoms with van der Waals surface area (Å²) in [7, 11) is 0. The first-order valence-electron chi connectivity index (χ1n) is 18.7. The lowest BCUT2D eigenvalue weighted by molar-refractivity contribution is 0.0526. The third-order valence-corrected chi connectivity index (χ3v) is 11.2. The van der Waals surface area contributed by atoms with E-state index < -0.39 is 0 Å². The molecule has 7 rings (SSSR count). The van der Waals surface area contributed by atoms with E-state index in [0.29, 0.717) is 17.2 Å². The van der Waals surface area contributed by atoms with Gasteiger partial charge in [0.05, 0.1) is 12.2 Å². The van der Waals surface area contributed by atoms with Crippen molar-refractivity contribution in [2.45, 2.75) is 32.9 Å². The number of esters is 1. The van der Waals surface area contributed by atoms with Crippen LogP contribution in [0.2, 0.25) is 20.1 Å². The molecule has 0 aliphatic rings. The quantitative estimate of drug-likeness (QED) is 0.127. The highest BCUT2D eigenvalue weighted by Crippen LogP contribution is 2.34. The van der Waals surface area contributed by atoms with Gasteiger partial charge in [-0.15, -0.1) is 0 Å². The van der Waals surface area contributed by atoms with Crippen LogP contribution in [0.1, 0.15) is 54.3 Å². The molecule has 2 atom stereocenters. The fraction of sp³-hybridized carbons (Fsp3) is 0.122. The molecule has 2 unspecified atom stereocenters. The van der Waals surface area contributed by atoms with Gasteiger partial charge in [0.2, 0.25) is 0 Å². The van der Waals surface area contributed by atoms with Crippen LogP contribution < -0.4 is 10.6 Å². The van der Waals surface area contributed by atoms with Crippen molar-refractivity contribution in [2.75, 3.05) is 17.2 Å². The largest absolute Gasteiger partial charge is 0.462 e. The predicted octanol–water partition coefficient (Wildman–Crippen LogP) is 16.3. The van der Waals surface area contributed by atoms with Crippen molar-refractivity contribution < 1.29 is 9.53 Å².